The summed E-state index contributed by atoms with van der Waals surface area (Å²) < 4.78 is 1.87. The fourth-order valence-corrected chi connectivity index (χ4v) is 1.89. The van der Waals surface area contributed by atoms with Crippen molar-refractivity contribution in [1.82, 2.24) is 9.78 Å². The second-order valence-electron chi connectivity index (χ2n) is 4.06. The number of anilines is 1. The highest BCUT2D eigenvalue weighted by Crippen LogP contribution is 2.16. The number of hydrogen-bond donors (Lipinski definition) is 1. The highest BCUT2D eigenvalue weighted by molar-refractivity contribution is 5.97. The predicted octanol–water partition coefficient (Wildman–Crippen LogP) is 0.860. The molecule has 5 nitrogen and oxygen atoms in total. The van der Waals surface area contributed by atoms with Gasteiger partial charge < -0.3 is 10.6 Å². The lowest BCUT2D eigenvalue weighted by molar-refractivity contribution is 0.625. The van der Waals surface area contributed by atoms with Crippen molar-refractivity contribution in [3.8, 4) is 0 Å². The van der Waals surface area contributed by atoms with Gasteiger partial charge in [0.1, 0.15) is 5.84 Å². The third kappa shape index (κ3) is 2.41. The Morgan fingerprint density at radius 1 is 1.50 bits per heavy atom. The molecule has 1 aliphatic heterocycles. The Bertz CT molecular complexity index is 368. The molecule has 0 atom stereocenters. The number of aliphatic imine (C=N–C) groups is 1. The summed E-state index contributed by atoms with van der Waals surface area (Å²) in [6.07, 6.45) is 7.40. The van der Waals surface area contributed by atoms with Gasteiger partial charge in [-0.05, 0) is 12.8 Å². The van der Waals surface area contributed by atoms with Crippen LogP contribution < -0.4 is 10.6 Å². The molecule has 0 amide bonds. The summed E-state index contributed by atoms with van der Waals surface area (Å²) in [7, 11) is 2.05. The van der Waals surface area contributed by atoms with Crippen LogP contribution in [-0.4, -0.2) is 35.8 Å². The fourth-order valence-electron chi connectivity index (χ4n) is 1.89. The third-order valence-electron chi connectivity index (χ3n) is 2.86. The van der Waals surface area contributed by atoms with E-state index in [2.05, 4.69) is 15.0 Å². The highest BCUT2D eigenvalue weighted by atomic mass is 15.3. The number of aromatic nitrogens is 2. The molecule has 0 aromatic carbocycles. The van der Waals surface area contributed by atoms with E-state index in [-0.39, 0.29) is 0 Å². The van der Waals surface area contributed by atoms with E-state index in [0.717, 1.165) is 25.2 Å². The number of amidine groups is 1. The molecule has 0 saturated carbocycles. The topological polar surface area (TPSA) is 59.4 Å². The molecule has 1 aliphatic rings. The Balaban J connectivity index is 2.07. The number of hydrogen-bond acceptors (Lipinski definition) is 4. The number of rotatable bonds is 3. The molecule has 0 saturated heterocycles. The van der Waals surface area contributed by atoms with Crippen molar-refractivity contribution in [2.24, 2.45) is 10.7 Å². The summed E-state index contributed by atoms with van der Waals surface area (Å²) in [5.74, 6) is 1.17. The molecule has 1 aromatic rings. The van der Waals surface area contributed by atoms with Gasteiger partial charge in [-0.2, -0.15) is 5.10 Å². The monoisotopic (exact) mass is 221 g/mol. The maximum absolute atomic E-state index is 5.49. The van der Waals surface area contributed by atoms with Gasteiger partial charge in [0.25, 0.3) is 0 Å². The molecule has 2 N–H and O–H groups in total. The highest BCUT2D eigenvalue weighted by Gasteiger charge is 2.12. The molecule has 5 heteroatoms. The first-order valence-electron chi connectivity index (χ1n) is 5.81. The van der Waals surface area contributed by atoms with Gasteiger partial charge in [0.2, 0.25) is 0 Å². The van der Waals surface area contributed by atoms with E-state index in [0.29, 0.717) is 6.54 Å². The van der Waals surface area contributed by atoms with Gasteiger partial charge in [-0.3, -0.25) is 9.67 Å². The molecular formula is C11H19N5. The third-order valence-corrected chi connectivity index (χ3v) is 2.86. The molecule has 16 heavy (non-hydrogen) atoms. The van der Waals surface area contributed by atoms with Crippen LogP contribution in [0.5, 0.6) is 0 Å². The van der Waals surface area contributed by atoms with E-state index in [9.17, 15) is 0 Å². The van der Waals surface area contributed by atoms with E-state index in [4.69, 9.17) is 5.73 Å². The molecule has 2 rings (SSSR count). The van der Waals surface area contributed by atoms with Crippen molar-refractivity contribution in [2.45, 2.75) is 25.8 Å². The largest absolute Gasteiger partial charge is 0.331 e. The van der Waals surface area contributed by atoms with Gasteiger partial charge >= 0.3 is 0 Å². The zero-order valence-corrected chi connectivity index (χ0v) is 9.76. The van der Waals surface area contributed by atoms with Crippen LogP contribution in [0.2, 0.25) is 0 Å². The molecule has 88 valence electrons. The number of nitrogens with two attached hydrogens (primary N) is 1. The van der Waals surface area contributed by atoms with Crippen molar-refractivity contribution < 1.29 is 0 Å². The lowest BCUT2D eigenvalue weighted by Crippen LogP contribution is -2.28. The summed E-state index contributed by atoms with van der Waals surface area (Å²) in [6.45, 7) is 2.34. The van der Waals surface area contributed by atoms with Gasteiger partial charge in [-0.15, -0.1) is 0 Å². The summed E-state index contributed by atoms with van der Waals surface area (Å²) in [4.78, 5) is 6.67. The van der Waals surface area contributed by atoms with Crippen LogP contribution in [0.3, 0.4) is 0 Å². The smallest absolute Gasteiger partial charge is 0.103 e. The maximum atomic E-state index is 5.49. The SMILES string of the molecule is CN(C1=NCCCC1)c1cnn(CCN)c1. The molecule has 1 aromatic heterocycles. The lowest BCUT2D eigenvalue weighted by atomic mass is 10.1. The Morgan fingerprint density at radius 3 is 3.06 bits per heavy atom. The van der Waals surface area contributed by atoms with Gasteiger partial charge in [-0.1, -0.05) is 0 Å². The molecule has 0 fully saturated rings. The average Bonchev–Trinajstić information content (AvgIpc) is 2.78. The minimum Gasteiger partial charge on any atom is -0.331 e. The Labute approximate surface area is 95.9 Å². The van der Waals surface area contributed by atoms with Gasteiger partial charge in [0.15, 0.2) is 0 Å². The van der Waals surface area contributed by atoms with Crippen molar-refractivity contribution >= 4 is 11.5 Å². The average molecular weight is 221 g/mol. The van der Waals surface area contributed by atoms with Crippen LogP contribution in [0, 0.1) is 0 Å². The second-order valence-corrected chi connectivity index (χ2v) is 4.06. The van der Waals surface area contributed by atoms with E-state index >= 15 is 0 Å². The molecule has 0 radical (unpaired) electrons. The Morgan fingerprint density at radius 2 is 2.38 bits per heavy atom. The lowest BCUT2D eigenvalue weighted by Gasteiger charge is -2.22. The van der Waals surface area contributed by atoms with E-state index in [1.165, 1.54) is 18.7 Å². The summed E-state index contributed by atoms with van der Waals surface area (Å²) in [5, 5.41) is 4.26. The minimum absolute atomic E-state index is 0.617. The van der Waals surface area contributed by atoms with E-state index in [1.807, 2.05) is 24.1 Å². The Hall–Kier alpha value is -1.36. The Kier molecular flexibility index (Phi) is 3.56. The van der Waals surface area contributed by atoms with Gasteiger partial charge in [-0.25, -0.2) is 0 Å². The summed E-state index contributed by atoms with van der Waals surface area (Å²) in [6, 6.07) is 0. The normalized spacial score (nSPS) is 16.0. The second kappa shape index (κ2) is 5.12. The predicted molar refractivity (Wildman–Crippen MR) is 65.8 cm³/mol. The van der Waals surface area contributed by atoms with E-state index < -0.39 is 0 Å². The first kappa shape index (κ1) is 11.1. The quantitative estimate of drug-likeness (QED) is 0.823. The molecule has 0 unspecified atom stereocenters. The molecule has 0 spiro atoms. The minimum atomic E-state index is 0.617. The zero-order chi connectivity index (χ0) is 11.4. The molecule has 0 aliphatic carbocycles. The van der Waals surface area contributed by atoms with Crippen LogP contribution >= 0.6 is 0 Å². The van der Waals surface area contributed by atoms with Gasteiger partial charge in [0.05, 0.1) is 18.4 Å². The van der Waals surface area contributed by atoms with Crippen molar-refractivity contribution in [1.29, 1.82) is 0 Å². The molecule has 2 heterocycles. The van der Waals surface area contributed by atoms with Crippen LogP contribution in [-0.2, 0) is 6.54 Å². The zero-order valence-electron chi connectivity index (χ0n) is 9.76. The van der Waals surface area contributed by atoms with Crippen LogP contribution in [0.1, 0.15) is 19.3 Å². The molecular weight excluding hydrogens is 202 g/mol. The van der Waals surface area contributed by atoms with Crippen molar-refractivity contribution in [2.75, 3.05) is 25.0 Å². The van der Waals surface area contributed by atoms with Crippen molar-refractivity contribution in [3.63, 3.8) is 0 Å². The first-order valence-corrected chi connectivity index (χ1v) is 5.81. The van der Waals surface area contributed by atoms with Crippen molar-refractivity contribution in [3.05, 3.63) is 12.4 Å². The van der Waals surface area contributed by atoms with Gasteiger partial charge in [0, 0.05) is 32.8 Å². The van der Waals surface area contributed by atoms with Crippen LogP contribution in [0.4, 0.5) is 5.69 Å². The van der Waals surface area contributed by atoms with Crippen LogP contribution in [0.15, 0.2) is 17.4 Å². The maximum Gasteiger partial charge on any atom is 0.103 e. The van der Waals surface area contributed by atoms with Crippen LogP contribution in [0.25, 0.3) is 0 Å². The van der Waals surface area contributed by atoms with E-state index in [1.54, 1.807) is 0 Å². The first-order chi connectivity index (χ1) is 7.81. The fraction of sp³-hybridized carbons (Fsp3) is 0.636. The molecule has 0 bridgehead atoms. The summed E-state index contributed by atoms with van der Waals surface area (Å²) in [5.41, 5.74) is 6.58. The summed E-state index contributed by atoms with van der Waals surface area (Å²) >= 11 is 0. The number of nitrogens with zero attached hydrogens (tertiary/aromatic N) is 4. The standard InChI is InChI=1S/C11H19N5/c1-15(11-4-2-3-6-13-11)10-8-14-16(9-10)7-5-12/h8-9H,2-7,12H2,1H3.